The summed E-state index contributed by atoms with van der Waals surface area (Å²) >= 11 is 17.3. The quantitative estimate of drug-likeness (QED) is 0.139. The highest BCUT2D eigenvalue weighted by molar-refractivity contribution is 6.31. The molecule has 2 aromatic carbocycles. The minimum absolute atomic E-state index is 0. The van der Waals surface area contributed by atoms with Gasteiger partial charge in [0.1, 0.15) is 11.6 Å². The van der Waals surface area contributed by atoms with Gasteiger partial charge in [0.2, 0.25) is 23.5 Å². The number of aryl methyl sites for hydroxylation is 1. The highest BCUT2D eigenvalue weighted by Crippen LogP contribution is 2.26. The van der Waals surface area contributed by atoms with E-state index in [0.29, 0.717) is 74.6 Å². The van der Waals surface area contributed by atoms with Crippen LogP contribution in [-0.4, -0.2) is 128 Å². The maximum atomic E-state index is 14.2. The first-order chi connectivity index (χ1) is 31.5. The second-order valence-corrected chi connectivity index (χ2v) is 15.9. The molecule has 8 aromatic rings. The molecule has 0 unspecified atom stereocenters. The minimum atomic E-state index is -0.287. The molecule has 2 aliphatic heterocycles. The van der Waals surface area contributed by atoms with Crippen LogP contribution < -0.4 is 26.6 Å². The number of nitrogens with zero attached hydrogens (tertiary/aromatic N) is 15. The molecule has 18 nitrogen and oxygen atoms in total. The van der Waals surface area contributed by atoms with Gasteiger partial charge in [-0.1, -0.05) is 42.5 Å². The summed E-state index contributed by atoms with van der Waals surface area (Å²) in [5, 5.41) is 22.8. The van der Waals surface area contributed by atoms with Crippen molar-refractivity contribution in [3.05, 3.63) is 82.1 Å². The topological polar surface area (TPSA) is 196 Å². The molecule has 344 valence electrons. The van der Waals surface area contributed by atoms with Crippen molar-refractivity contribution in [2.75, 3.05) is 86.0 Å². The normalized spacial score (nSPS) is 13.9. The summed E-state index contributed by atoms with van der Waals surface area (Å²) in [5.41, 5.74) is 15.7. The van der Waals surface area contributed by atoms with Crippen molar-refractivity contribution in [2.24, 2.45) is 0 Å². The third-order valence-corrected chi connectivity index (χ3v) is 11.2. The van der Waals surface area contributed by atoms with E-state index < -0.39 is 0 Å². The summed E-state index contributed by atoms with van der Waals surface area (Å²) in [4.78, 5) is 24.0. The standard InChI is InChI=1S/C21H21ClFN9.C11H10ClN7.C10H12ClFN2.CH4/c1-2-3-18-26-20-15-13-25-31(19(15)27-21(24)32(20)28-18)11-8-29-6-9-30(10-7-29)17-5-4-14(22)12-16(17)23;1-2-3-8-15-10-7-6-14-18(5-4-12)9(7)16-11(13)19(10)17-8;11-8-1-2-10(9(12)7-8)14-5-3-13-4-6-14;/h4-5,12-13H,6-11H2,1H3,(H2,24,27);6H,4-5H2,1H3,(H2,13,16);1-2,7,13H,3-6H2;1H4. The van der Waals surface area contributed by atoms with Gasteiger partial charge in [0.15, 0.2) is 22.6 Å². The fourth-order valence-corrected chi connectivity index (χ4v) is 7.96. The molecule has 10 rings (SSSR count). The molecule has 2 saturated heterocycles. The Kier molecular flexibility index (Phi) is 15.2. The molecule has 8 heterocycles. The fourth-order valence-electron chi connectivity index (χ4n) is 7.48. The highest BCUT2D eigenvalue weighted by Gasteiger charge is 2.21. The van der Waals surface area contributed by atoms with E-state index in [1.54, 1.807) is 55.2 Å². The summed E-state index contributed by atoms with van der Waals surface area (Å²) in [5.74, 6) is 12.4. The van der Waals surface area contributed by atoms with Crippen molar-refractivity contribution < 1.29 is 8.78 Å². The van der Waals surface area contributed by atoms with Crippen LogP contribution in [0.15, 0.2) is 48.8 Å². The predicted molar refractivity (Wildman–Crippen MR) is 256 cm³/mol. The molecule has 0 saturated carbocycles. The molecular weight excluding hydrogens is 913 g/mol. The predicted octanol–water partition coefficient (Wildman–Crippen LogP) is 5.23. The number of anilines is 4. The lowest BCUT2D eigenvalue weighted by Gasteiger charge is -2.36. The average Bonchev–Trinajstić information content (AvgIpc) is 4.11. The largest absolute Gasteiger partial charge is 0.368 e. The molecule has 0 atom stereocenters. The van der Waals surface area contributed by atoms with Crippen LogP contribution in [0.4, 0.5) is 32.1 Å². The molecule has 0 amide bonds. The van der Waals surface area contributed by atoms with Crippen molar-refractivity contribution in [3.63, 3.8) is 0 Å². The molecule has 0 spiro atoms. The van der Waals surface area contributed by atoms with Gasteiger partial charge in [0, 0.05) is 74.8 Å². The molecular formula is C43H47Cl3F2N18. The van der Waals surface area contributed by atoms with Crippen LogP contribution in [0.1, 0.15) is 32.9 Å². The molecule has 66 heavy (non-hydrogen) atoms. The van der Waals surface area contributed by atoms with Crippen LogP contribution in [0, 0.1) is 35.3 Å². The van der Waals surface area contributed by atoms with E-state index in [2.05, 4.69) is 74.2 Å². The Labute approximate surface area is 393 Å². The second-order valence-electron chi connectivity index (χ2n) is 14.7. The van der Waals surface area contributed by atoms with E-state index in [-0.39, 0.29) is 31.0 Å². The maximum Gasteiger partial charge on any atom is 0.226 e. The molecule has 2 aliphatic rings. The van der Waals surface area contributed by atoms with Crippen molar-refractivity contribution >= 4 is 91.4 Å². The number of nitrogen functional groups attached to an aromatic ring is 2. The molecule has 23 heteroatoms. The number of benzene rings is 2. The first-order valence-corrected chi connectivity index (χ1v) is 21.8. The average molecular weight is 960 g/mol. The van der Waals surface area contributed by atoms with Crippen LogP contribution in [0.3, 0.4) is 0 Å². The van der Waals surface area contributed by atoms with Gasteiger partial charge in [-0.25, -0.2) is 18.1 Å². The van der Waals surface area contributed by atoms with Crippen LogP contribution in [0.2, 0.25) is 10.0 Å². The molecule has 2 fully saturated rings. The Bertz CT molecular complexity index is 3110. The zero-order valence-corrected chi connectivity index (χ0v) is 37.6. The van der Waals surface area contributed by atoms with E-state index in [0.717, 1.165) is 69.7 Å². The SMILES string of the molecule is C.CC#Cc1nc2c3cnn(CCCl)c3nc(N)n2n1.CC#Cc1nc2c3cnn(CCN4CCN(c5ccc(Cl)cc5F)CC4)c3nc(N)n2n1.Fc1cc(Cl)ccc1N1CCNCC1. The van der Waals surface area contributed by atoms with Gasteiger partial charge in [-0.15, -0.1) is 21.8 Å². The van der Waals surface area contributed by atoms with Crippen LogP contribution >= 0.6 is 34.8 Å². The lowest BCUT2D eigenvalue weighted by Crippen LogP contribution is -2.47. The van der Waals surface area contributed by atoms with E-state index in [1.165, 1.54) is 21.2 Å². The first kappa shape index (κ1) is 47.4. The zero-order valence-electron chi connectivity index (χ0n) is 35.4. The van der Waals surface area contributed by atoms with Crippen molar-refractivity contribution in [1.82, 2.24) is 68.9 Å². The summed E-state index contributed by atoms with van der Waals surface area (Å²) in [6.07, 6.45) is 3.41. The number of piperazine rings is 2. The van der Waals surface area contributed by atoms with Gasteiger partial charge < -0.3 is 26.6 Å². The monoisotopic (exact) mass is 958 g/mol. The lowest BCUT2D eigenvalue weighted by molar-refractivity contribution is 0.245. The Balaban J connectivity index is 0.000000161. The molecule has 0 bridgehead atoms. The summed E-state index contributed by atoms with van der Waals surface area (Å²) in [7, 11) is 0. The number of aromatic nitrogens is 12. The second kappa shape index (κ2) is 21.2. The Morgan fingerprint density at radius 3 is 1.56 bits per heavy atom. The number of halogens is 5. The Morgan fingerprint density at radius 2 is 1.11 bits per heavy atom. The van der Waals surface area contributed by atoms with E-state index in [4.69, 9.17) is 46.3 Å². The zero-order chi connectivity index (χ0) is 45.6. The number of hydrogen-bond donors (Lipinski definition) is 3. The number of nitrogens with one attached hydrogen (secondary N) is 1. The Hall–Kier alpha value is -6.55. The number of rotatable bonds is 7. The number of alkyl halides is 1. The first-order valence-electron chi connectivity index (χ1n) is 20.5. The summed E-state index contributed by atoms with van der Waals surface area (Å²) in [6.45, 7) is 12.1. The lowest BCUT2D eigenvalue weighted by atomic mass is 10.2. The molecule has 5 N–H and O–H groups in total. The van der Waals surface area contributed by atoms with Gasteiger partial charge >= 0.3 is 0 Å². The molecule has 6 aromatic heterocycles. The number of fused-ring (bicyclic) bond motifs is 6. The van der Waals surface area contributed by atoms with E-state index >= 15 is 0 Å². The van der Waals surface area contributed by atoms with Gasteiger partial charge in [-0.2, -0.15) is 39.2 Å². The van der Waals surface area contributed by atoms with Crippen LogP contribution in [-0.2, 0) is 13.1 Å². The number of nitrogens with two attached hydrogens (primary N) is 2. The minimum Gasteiger partial charge on any atom is -0.368 e. The van der Waals surface area contributed by atoms with E-state index in [9.17, 15) is 8.78 Å². The van der Waals surface area contributed by atoms with E-state index in [1.807, 2.05) is 14.5 Å². The van der Waals surface area contributed by atoms with Crippen molar-refractivity contribution in [1.29, 1.82) is 0 Å². The van der Waals surface area contributed by atoms with Gasteiger partial charge in [0.25, 0.3) is 0 Å². The van der Waals surface area contributed by atoms with Crippen LogP contribution in [0.5, 0.6) is 0 Å². The smallest absolute Gasteiger partial charge is 0.226 e. The van der Waals surface area contributed by atoms with Gasteiger partial charge in [-0.05, 0) is 62.1 Å². The van der Waals surface area contributed by atoms with Gasteiger partial charge in [-0.3, -0.25) is 4.90 Å². The van der Waals surface area contributed by atoms with Crippen molar-refractivity contribution in [2.45, 2.75) is 34.4 Å². The number of hydrogen-bond acceptors (Lipinski definition) is 14. The third kappa shape index (κ3) is 10.3. The summed E-state index contributed by atoms with van der Waals surface area (Å²) in [6, 6.07) is 9.64. The third-order valence-electron chi connectivity index (χ3n) is 10.6. The molecule has 0 aliphatic carbocycles. The molecule has 0 radical (unpaired) electrons. The fraction of sp³-hybridized carbons (Fsp3) is 0.349. The van der Waals surface area contributed by atoms with Gasteiger partial charge in [0.05, 0.1) is 47.6 Å². The summed E-state index contributed by atoms with van der Waals surface area (Å²) < 4.78 is 34.2. The maximum absolute atomic E-state index is 14.2. The van der Waals surface area contributed by atoms with Crippen molar-refractivity contribution in [3.8, 4) is 23.7 Å². The highest BCUT2D eigenvalue weighted by atomic mass is 35.5. The van der Waals surface area contributed by atoms with Crippen LogP contribution in [0.25, 0.3) is 33.4 Å². The Morgan fingerprint density at radius 1 is 0.636 bits per heavy atom.